The largest absolute Gasteiger partial charge is 0.378 e. The Morgan fingerprint density at radius 2 is 2.24 bits per heavy atom. The molecular formula is C16H23N3O2. The zero-order chi connectivity index (χ0) is 14.7. The molecule has 5 nitrogen and oxygen atoms in total. The van der Waals surface area contributed by atoms with Crippen LogP contribution in [0.1, 0.15) is 36.9 Å². The number of hydrogen-bond acceptors (Lipinski definition) is 3. The van der Waals surface area contributed by atoms with Gasteiger partial charge in [0.1, 0.15) is 0 Å². The highest BCUT2D eigenvalue weighted by atomic mass is 16.5. The highest BCUT2D eigenvalue weighted by molar-refractivity contribution is 5.74. The number of pyridine rings is 1. The molecule has 1 aliphatic heterocycles. The Kier molecular flexibility index (Phi) is 4.39. The van der Waals surface area contributed by atoms with E-state index in [0.717, 1.165) is 36.6 Å². The van der Waals surface area contributed by atoms with E-state index < -0.39 is 0 Å². The molecule has 1 saturated carbocycles. The van der Waals surface area contributed by atoms with E-state index in [4.69, 9.17) is 4.74 Å². The lowest BCUT2D eigenvalue weighted by atomic mass is 10.0. The van der Waals surface area contributed by atoms with Gasteiger partial charge in [-0.1, -0.05) is 6.07 Å². The topological polar surface area (TPSA) is 63.2 Å². The van der Waals surface area contributed by atoms with Gasteiger partial charge >= 0.3 is 6.03 Å². The van der Waals surface area contributed by atoms with Gasteiger partial charge in [0.25, 0.3) is 0 Å². The van der Waals surface area contributed by atoms with E-state index in [0.29, 0.717) is 12.6 Å². The number of hydrogen-bond donors (Lipinski definition) is 2. The molecule has 0 spiro atoms. The van der Waals surface area contributed by atoms with Crippen molar-refractivity contribution in [3.63, 3.8) is 0 Å². The molecule has 2 aliphatic rings. The van der Waals surface area contributed by atoms with Gasteiger partial charge in [-0.05, 0) is 50.2 Å². The zero-order valence-electron chi connectivity index (χ0n) is 12.5. The third-order valence-electron chi connectivity index (χ3n) is 4.22. The summed E-state index contributed by atoms with van der Waals surface area (Å²) in [6, 6.07) is 4.07. The van der Waals surface area contributed by atoms with E-state index in [1.807, 2.05) is 19.1 Å². The summed E-state index contributed by atoms with van der Waals surface area (Å²) < 4.78 is 5.77. The van der Waals surface area contributed by atoms with Crippen LogP contribution in [0.5, 0.6) is 0 Å². The Morgan fingerprint density at radius 1 is 1.38 bits per heavy atom. The number of carbonyl (C=O) groups excluding carboxylic acids is 1. The number of aromatic nitrogens is 1. The maximum absolute atomic E-state index is 12.0. The molecule has 2 fully saturated rings. The lowest BCUT2D eigenvalue weighted by molar-refractivity contribution is -0.00914. The predicted octanol–water partition coefficient (Wildman–Crippen LogP) is 2.15. The fraction of sp³-hybridized carbons (Fsp3) is 0.625. The van der Waals surface area contributed by atoms with E-state index >= 15 is 0 Å². The zero-order valence-corrected chi connectivity index (χ0v) is 12.5. The number of aryl methyl sites for hydroxylation is 1. The van der Waals surface area contributed by atoms with Gasteiger partial charge in [0.15, 0.2) is 0 Å². The van der Waals surface area contributed by atoms with Gasteiger partial charge in [-0.3, -0.25) is 4.98 Å². The smallest absolute Gasteiger partial charge is 0.315 e. The van der Waals surface area contributed by atoms with Gasteiger partial charge < -0.3 is 15.4 Å². The molecule has 2 N–H and O–H groups in total. The monoisotopic (exact) mass is 289 g/mol. The fourth-order valence-corrected chi connectivity index (χ4v) is 2.78. The Balaban J connectivity index is 1.42. The van der Waals surface area contributed by atoms with Crippen LogP contribution in [0, 0.1) is 12.8 Å². The highest BCUT2D eigenvalue weighted by Crippen LogP contribution is 2.38. The van der Waals surface area contributed by atoms with Crippen LogP contribution in [-0.4, -0.2) is 29.8 Å². The lowest BCUT2D eigenvalue weighted by Gasteiger charge is -2.30. The summed E-state index contributed by atoms with van der Waals surface area (Å²) in [5.74, 6) is 0.733. The first-order valence-corrected chi connectivity index (χ1v) is 7.78. The van der Waals surface area contributed by atoms with E-state index in [9.17, 15) is 4.79 Å². The number of nitrogens with one attached hydrogen (secondary N) is 2. The van der Waals surface area contributed by atoms with Crippen LogP contribution >= 0.6 is 0 Å². The maximum atomic E-state index is 12.0. The van der Waals surface area contributed by atoms with E-state index in [2.05, 4.69) is 15.6 Å². The van der Waals surface area contributed by atoms with Gasteiger partial charge in [-0.15, -0.1) is 0 Å². The summed E-state index contributed by atoms with van der Waals surface area (Å²) in [4.78, 5) is 16.2. The summed E-state index contributed by atoms with van der Waals surface area (Å²) >= 11 is 0. The number of rotatable bonds is 4. The molecule has 2 unspecified atom stereocenters. The summed E-state index contributed by atoms with van der Waals surface area (Å²) in [5, 5.41) is 5.96. The van der Waals surface area contributed by atoms with Crippen molar-refractivity contribution in [3.05, 3.63) is 29.6 Å². The number of amides is 2. The minimum Gasteiger partial charge on any atom is -0.378 e. The van der Waals surface area contributed by atoms with Crippen LogP contribution in [0.3, 0.4) is 0 Å². The van der Waals surface area contributed by atoms with Crippen LogP contribution in [0.25, 0.3) is 0 Å². The van der Waals surface area contributed by atoms with Crippen molar-refractivity contribution < 1.29 is 9.53 Å². The van der Waals surface area contributed by atoms with Crippen LogP contribution in [0.15, 0.2) is 18.3 Å². The number of ether oxygens (including phenoxy) is 1. The minimum absolute atomic E-state index is 0.1000. The van der Waals surface area contributed by atoms with E-state index in [-0.39, 0.29) is 12.1 Å². The Hall–Kier alpha value is -1.62. The van der Waals surface area contributed by atoms with Gasteiger partial charge in [-0.25, -0.2) is 4.79 Å². The van der Waals surface area contributed by atoms with Gasteiger partial charge in [0.05, 0.1) is 6.10 Å². The van der Waals surface area contributed by atoms with Crippen molar-refractivity contribution >= 4 is 6.03 Å². The molecule has 5 heteroatoms. The molecular weight excluding hydrogens is 266 g/mol. The molecule has 3 rings (SSSR count). The minimum atomic E-state index is -0.1000. The van der Waals surface area contributed by atoms with Crippen molar-refractivity contribution in [1.82, 2.24) is 15.6 Å². The molecule has 114 valence electrons. The maximum Gasteiger partial charge on any atom is 0.315 e. The number of nitrogens with zero attached hydrogens (tertiary/aromatic N) is 1. The SMILES string of the molecule is Cc1ccc(CNC(=O)NC2CCOC(C3CC3)C2)cn1. The molecule has 0 aromatic carbocycles. The molecule has 2 heterocycles. The summed E-state index contributed by atoms with van der Waals surface area (Å²) in [5.41, 5.74) is 2.00. The number of urea groups is 1. The van der Waals surface area contributed by atoms with Crippen LogP contribution in [-0.2, 0) is 11.3 Å². The second-order valence-electron chi connectivity index (χ2n) is 6.10. The first-order chi connectivity index (χ1) is 10.2. The Morgan fingerprint density at radius 3 is 2.95 bits per heavy atom. The van der Waals surface area contributed by atoms with E-state index in [1.54, 1.807) is 6.20 Å². The van der Waals surface area contributed by atoms with Crippen molar-refractivity contribution in [1.29, 1.82) is 0 Å². The number of carbonyl (C=O) groups is 1. The lowest BCUT2D eigenvalue weighted by Crippen LogP contribution is -2.46. The first kappa shape index (κ1) is 14.3. The molecule has 1 aromatic rings. The standard InChI is InChI=1S/C16H23N3O2/c1-11-2-3-12(9-17-11)10-18-16(20)19-14-6-7-21-15(8-14)13-4-5-13/h2-3,9,13-15H,4-8,10H2,1H3,(H2,18,19,20). The molecule has 1 aliphatic carbocycles. The normalized spacial score (nSPS) is 25.4. The molecule has 0 radical (unpaired) electrons. The fourth-order valence-electron chi connectivity index (χ4n) is 2.78. The van der Waals surface area contributed by atoms with Crippen LogP contribution in [0.2, 0.25) is 0 Å². The highest BCUT2D eigenvalue weighted by Gasteiger charge is 2.36. The Labute approximate surface area is 125 Å². The van der Waals surface area contributed by atoms with E-state index in [1.165, 1.54) is 12.8 Å². The third kappa shape index (κ3) is 4.17. The Bertz CT molecular complexity index is 485. The van der Waals surface area contributed by atoms with Gasteiger partial charge in [0.2, 0.25) is 0 Å². The second kappa shape index (κ2) is 6.43. The van der Waals surface area contributed by atoms with Crippen molar-refractivity contribution in [2.24, 2.45) is 5.92 Å². The van der Waals surface area contributed by atoms with Gasteiger partial charge in [-0.2, -0.15) is 0 Å². The van der Waals surface area contributed by atoms with Crippen LogP contribution in [0.4, 0.5) is 4.79 Å². The third-order valence-corrected chi connectivity index (χ3v) is 4.22. The summed E-state index contributed by atoms with van der Waals surface area (Å²) in [6.07, 6.45) is 6.57. The van der Waals surface area contributed by atoms with Crippen LogP contribution < -0.4 is 10.6 Å². The molecule has 1 saturated heterocycles. The summed E-state index contributed by atoms with van der Waals surface area (Å²) in [6.45, 7) is 3.22. The van der Waals surface area contributed by atoms with Gasteiger partial charge in [0, 0.05) is 31.1 Å². The molecule has 2 amide bonds. The second-order valence-corrected chi connectivity index (χ2v) is 6.10. The molecule has 21 heavy (non-hydrogen) atoms. The quantitative estimate of drug-likeness (QED) is 0.892. The van der Waals surface area contributed by atoms with Crippen molar-refractivity contribution in [2.45, 2.75) is 51.3 Å². The molecule has 0 bridgehead atoms. The first-order valence-electron chi connectivity index (χ1n) is 7.78. The predicted molar refractivity (Wildman–Crippen MR) is 79.8 cm³/mol. The molecule has 2 atom stereocenters. The van der Waals surface area contributed by atoms with Crippen molar-refractivity contribution in [3.8, 4) is 0 Å². The average Bonchev–Trinajstić information content (AvgIpc) is 3.32. The average molecular weight is 289 g/mol. The molecule has 1 aromatic heterocycles. The van der Waals surface area contributed by atoms with Crippen molar-refractivity contribution in [2.75, 3.05) is 6.61 Å². The summed E-state index contributed by atoms with van der Waals surface area (Å²) in [7, 11) is 0.